The fourth-order valence-electron chi connectivity index (χ4n) is 3.42. The Kier molecular flexibility index (Phi) is 4.35. The van der Waals surface area contributed by atoms with Crippen LogP contribution in [0.2, 0.25) is 0 Å². The van der Waals surface area contributed by atoms with Gasteiger partial charge in [-0.05, 0) is 34.5 Å². The molecule has 1 aliphatic carbocycles. The highest BCUT2D eigenvalue weighted by molar-refractivity contribution is 7.80. The summed E-state index contributed by atoms with van der Waals surface area (Å²) in [5, 5.41) is 10.1. The van der Waals surface area contributed by atoms with Crippen LogP contribution in [-0.4, -0.2) is 23.5 Å². The average molecular weight is 378 g/mol. The van der Waals surface area contributed by atoms with E-state index in [0.717, 1.165) is 22.3 Å². The minimum Gasteiger partial charge on any atom is -0.358 e. The summed E-state index contributed by atoms with van der Waals surface area (Å²) in [6, 6.07) is 15.7. The van der Waals surface area contributed by atoms with Crippen LogP contribution in [0.4, 0.5) is 0 Å². The van der Waals surface area contributed by atoms with Gasteiger partial charge in [-0.3, -0.25) is 21.0 Å². The van der Waals surface area contributed by atoms with E-state index in [1.54, 1.807) is 6.08 Å². The first-order chi connectivity index (χ1) is 13.2. The lowest BCUT2D eigenvalue weighted by Crippen LogP contribution is -2.69. The predicted molar refractivity (Wildman–Crippen MR) is 108 cm³/mol. The van der Waals surface area contributed by atoms with Crippen molar-refractivity contribution in [3.8, 4) is 11.1 Å². The SMILES string of the molecule is C=CCNC(=S)NN=C1NNC2(C(=O)N1)c1ccccc1-c1ccccc12. The third kappa shape index (κ3) is 2.75. The molecule has 0 saturated carbocycles. The molecule has 0 unspecified atom stereocenters. The van der Waals surface area contributed by atoms with Gasteiger partial charge in [-0.2, -0.15) is 0 Å². The number of guanidine groups is 1. The monoisotopic (exact) mass is 378 g/mol. The maximum atomic E-state index is 13.2. The summed E-state index contributed by atoms with van der Waals surface area (Å²) in [5.74, 6) is 0.0133. The zero-order valence-corrected chi connectivity index (χ0v) is 15.2. The second-order valence-electron chi connectivity index (χ2n) is 6.12. The number of thiocarbonyl (C=S) groups is 1. The summed E-state index contributed by atoms with van der Waals surface area (Å²) in [7, 11) is 0. The number of fused-ring (bicyclic) bond motifs is 5. The molecule has 8 heteroatoms. The number of hydrazine groups is 1. The summed E-state index contributed by atoms with van der Waals surface area (Å²) in [4.78, 5) is 13.2. The van der Waals surface area contributed by atoms with Gasteiger partial charge in [0.1, 0.15) is 0 Å². The molecule has 1 heterocycles. The summed E-state index contributed by atoms with van der Waals surface area (Å²) in [5.41, 5.74) is 11.6. The van der Waals surface area contributed by atoms with Gasteiger partial charge in [0.2, 0.25) is 5.96 Å². The molecule has 2 aromatic rings. The van der Waals surface area contributed by atoms with Gasteiger partial charge in [0, 0.05) is 6.54 Å². The van der Waals surface area contributed by atoms with E-state index in [4.69, 9.17) is 12.2 Å². The zero-order chi connectivity index (χ0) is 18.9. The minimum atomic E-state index is -1.02. The highest BCUT2D eigenvalue weighted by atomic mass is 32.1. The summed E-state index contributed by atoms with van der Waals surface area (Å²) in [6.07, 6.45) is 1.68. The number of carbonyl (C=O) groups excluding carboxylic acids is 1. The Hall–Kier alpha value is -3.23. The van der Waals surface area contributed by atoms with Crippen molar-refractivity contribution in [3.05, 3.63) is 72.3 Å². The van der Waals surface area contributed by atoms with E-state index in [1.165, 1.54) is 0 Å². The molecule has 0 aromatic heterocycles. The molecule has 1 aliphatic heterocycles. The van der Waals surface area contributed by atoms with Crippen LogP contribution in [-0.2, 0) is 10.3 Å². The van der Waals surface area contributed by atoms with Crippen molar-refractivity contribution >= 4 is 29.2 Å². The highest BCUT2D eigenvalue weighted by Gasteiger charge is 2.51. The molecule has 0 radical (unpaired) electrons. The molecule has 7 nitrogen and oxygen atoms in total. The van der Waals surface area contributed by atoms with Crippen LogP contribution in [0.25, 0.3) is 11.1 Å². The Labute approximate surface area is 161 Å². The quantitative estimate of drug-likeness (QED) is 0.312. The number of hydrazone groups is 1. The van der Waals surface area contributed by atoms with E-state index >= 15 is 0 Å². The minimum absolute atomic E-state index is 0.218. The van der Waals surface area contributed by atoms with Crippen molar-refractivity contribution in [2.45, 2.75) is 5.54 Å². The van der Waals surface area contributed by atoms with Gasteiger partial charge in [0.05, 0.1) is 0 Å². The maximum Gasteiger partial charge on any atom is 0.258 e. The molecular formula is C19H18N6OS. The Balaban J connectivity index is 1.62. The molecule has 0 bridgehead atoms. The zero-order valence-electron chi connectivity index (χ0n) is 14.4. The third-order valence-electron chi connectivity index (χ3n) is 4.57. The van der Waals surface area contributed by atoms with Gasteiger partial charge in [-0.1, -0.05) is 54.6 Å². The van der Waals surface area contributed by atoms with Crippen LogP contribution in [0.5, 0.6) is 0 Å². The number of benzene rings is 2. The van der Waals surface area contributed by atoms with Gasteiger partial charge in [0.25, 0.3) is 5.91 Å². The van der Waals surface area contributed by atoms with Crippen molar-refractivity contribution in [2.75, 3.05) is 6.54 Å². The average Bonchev–Trinajstić information content (AvgIpc) is 2.99. The Morgan fingerprint density at radius 2 is 1.78 bits per heavy atom. The number of hydrogen-bond acceptors (Lipinski definition) is 4. The van der Waals surface area contributed by atoms with Gasteiger partial charge >= 0.3 is 0 Å². The van der Waals surface area contributed by atoms with E-state index in [1.807, 2.05) is 48.5 Å². The topological polar surface area (TPSA) is 89.6 Å². The lowest BCUT2D eigenvalue weighted by molar-refractivity contribution is -0.126. The lowest BCUT2D eigenvalue weighted by Gasteiger charge is -2.36. The third-order valence-corrected chi connectivity index (χ3v) is 4.81. The van der Waals surface area contributed by atoms with Crippen molar-refractivity contribution < 1.29 is 4.79 Å². The Morgan fingerprint density at radius 3 is 2.37 bits per heavy atom. The predicted octanol–water partition coefficient (Wildman–Crippen LogP) is 1.06. The maximum absolute atomic E-state index is 13.2. The van der Waals surface area contributed by atoms with Crippen molar-refractivity contribution in [3.63, 3.8) is 0 Å². The molecule has 2 aliphatic rings. The fourth-order valence-corrected chi connectivity index (χ4v) is 3.55. The second kappa shape index (κ2) is 6.82. The smallest absolute Gasteiger partial charge is 0.258 e. The first-order valence-electron chi connectivity index (χ1n) is 8.43. The van der Waals surface area contributed by atoms with Crippen LogP contribution in [0.15, 0.2) is 66.3 Å². The second-order valence-corrected chi connectivity index (χ2v) is 6.52. The van der Waals surface area contributed by atoms with Crippen LogP contribution in [0.3, 0.4) is 0 Å². The van der Waals surface area contributed by atoms with Gasteiger partial charge in [-0.25, -0.2) is 5.43 Å². The number of nitrogens with one attached hydrogen (secondary N) is 5. The van der Waals surface area contributed by atoms with E-state index in [-0.39, 0.29) is 11.9 Å². The van der Waals surface area contributed by atoms with E-state index in [0.29, 0.717) is 11.7 Å². The molecule has 27 heavy (non-hydrogen) atoms. The van der Waals surface area contributed by atoms with Crippen molar-refractivity contribution in [2.24, 2.45) is 5.10 Å². The molecule has 0 atom stereocenters. The van der Waals surface area contributed by atoms with Crippen LogP contribution in [0, 0.1) is 0 Å². The lowest BCUT2D eigenvalue weighted by atomic mass is 9.86. The molecule has 2 aromatic carbocycles. The highest BCUT2D eigenvalue weighted by Crippen LogP contribution is 2.47. The standard InChI is InChI=1S/C19H18N6OS/c1-2-11-20-18(27)24-22-17-21-16(26)19(25-23-17)14-9-5-3-7-12(14)13-8-4-6-10-15(13)19/h2-10,25H,1,11H2,(H2,20,24,27)(H2,21,22,23,26). The van der Waals surface area contributed by atoms with Gasteiger partial charge in [-0.15, -0.1) is 11.7 Å². The van der Waals surface area contributed by atoms with Crippen molar-refractivity contribution in [1.29, 1.82) is 0 Å². The molecule has 1 saturated heterocycles. The molecule has 1 amide bonds. The number of nitrogens with zero attached hydrogens (tertiary/aromatic N) is 1. The van der Waals surface area contributed by atoms with Crippen LogP contribution in [0.1, 0.15) is 11.1 Å². The largest absolute Gasteiger partial charge is 0.358 e. The Bertz CT molecular complexity index is 925. The summed E-state index contributed by atoms with van der Waals surface area (Å²) >= 11 is 5.08. The summed E-state index contributed by atoms with van der Waals surface area (Å²) < 4.78 is 0. The molecule has 1 spiro atoms. The molecule has 136 valence electrons. The number of hydrogen-bond donors (Lipinski definition) is 5. The molecule has 4 rings (SSSR count). The summed E-state index contributed by atoms with van der Waals surface area (Å²) in [6.45, 7) is 4.12. The van der Waals surface area contributed by atoms with Gasteiger partial charge in [0.15, 0.2) is 10.7 Å². The van der Waals surface area contributed by atoms with Crippen LogP contribution < -0.4 is 26.9 Å². The van der Waals surface area contributed by atoms with E-state index < -0.39 is 5.54 Å². The van der Waals surface area contributed by atoms with Gasteiger partial charge < -0.3 is 5.32 Å². The number of carbonyl (C=O) groups is 1. The first kappa shape index (κ1) is 17.2. The van der Waals surface area contributed by atoms with E-state index in [2.05, 4.69) is 38.6 Å². The molecule has 5 N–H and O–H groups in total. The Morgan fingerprint density at radius 1 is 1.15 bits per heavy atom. The normalized spacial score (nSPS) is 17.5. The number of amides is 1. The van der Waals surface area contributed by atoms with E-state index in [9.17, 15) is 4.79 Å². The first-order valence-corrected chi connectivity index (χ1v) is 8.84. The molecule has 1 fully saturated rings. The number of rotatable bonds is 3. The van der Waals surface area contributed by atoms with Crippen molar-refractivity contribution in [1.82, 2.24) is 26.9 Å². The van der Waals surface area contributed by atoms with Crippen LogP contribution >= 0.6 is 12.2 Å². The molecular weight excluding hydrogens is 360 g/mol. The fraction of sp³-hybridized carbons (Fsp3) is 0.105.